The number of fused-ring (bicyclic) bond motifs is 2. The number of aliphatic hydroxyl groups is 1. The normalized spacial score (nSPS) is 20.3. The quantitative estimate of drug-likeness (QED) is 0.717. The number of rotatable bonds is 1. The number of amides is 1. The van der Waals surface area contributed by atoms with Gasteiger partial charge in [0.2, 0.25) is 0 Å². The van der Waals surface area contributed by atoms with Crippen molar-refractivity contribution in [3.05, 3.63) is 71.9 Å². The first-order valence-corrected chi connectivity index (χ1v) is 6.68. The van der Waals surface area contributed by atoms with E-state index < -0.39 is 11.5 Å². The van der Waals surface area contributed by atoms with Gasteiger partial charge in [0.05, 0.1) is 5.52 Å². The molecule has 2 N–H and O–H groups in total. The topological polar surface area (TPSA) is 62.2 Å². The minimum absolute atomic E-state index is 0.424. The summed E-state index contributed by atoms with van der Waals surface area (Å²) in [5.74, 6) is -0.424. The molecule has 0 saturated heterocycles. The molecule has 0 bridgehead atoms. The fourth-order valence-corrected chi connectivity index (χ4v) is 2.83. The Balaban J connectivity index is 1.96. The van der Waals surface area contributed by atoms with Crippen LogP contribution in [0.25, 0.3) is 10.9 Å². The molecule has 4 rings (SSSR count). The van der Waals surface area contributed by atoms with Gasteiger partial charge in [-0.3, -0.25) is 9.78 Å². The molecule has 1 aliphatic rings. The molecule has 0 aliphatic carbocycles. The van der Waals surface area contributed by atoms with E-state index in [0.29, 0.717) is 16.8 Å². The molecule has 1 aromatic heterocycles. The summed E-state index contributed by atoms with van der Waals surface area (Å²) in [7, 11) is 0. The summed E-state index contributed by atoms with van der Waals surface area (Å²) >= 11 is 0. The molecule has 1 unspecified atom stereocenters. The van der Waals surface area contributed by atoms with Crippen LogP contribution < -0.4 is 5.32 Å². The standard InChI is InChI=1S/C17H12N2O2/c20-16-17(21,13-5-1-2-6-15(13)19-16)12-7-8-14-11(10-12)4-3-9-18-14/h1-10,21H,(H,19,20). The van der Waals surface area contributed by atoms with Gasteiger partial charge in [0, 0.05) is 22.8 Å². The molecule has 2 heterocycles. The molecule has 1 aliphatic heterocycles. The van der Waals surface area contributed by atoms with Crippen LogP contribution in [0.5, 0.6) is 0 Å². The summed E-state index contributed by atoms with van der Waals surface area (Å²) in [6.07, 6.45) is 1.72. The number of aromatic nitrogens is 1. The lowest BCUT2D eigenvalue weighted by atomic mass is 9.87. The Morgan fingerprint density at radius 1 is 1.05 bits per heavy atom. The zero-order valence-corrected chi connectivity index (χ0v) is 11.1. The van der Waals surface area contributed by atoms with Crippen LogP contribution in [-0.4, -0.2) is 16.0 Å². The lowest BCUT2D eigenvalue weighted by Gasteiger charge is -2.21. The number of carbonyl (C=O) groups is 1. The summed E-state index contributed by atoms with van der Waals surface area (Å²) in [5.41, 5.74) is 0.956. The van der Waals surface area contributed by atoms with Crippen molar-refractivity contribution in [2.75, 3.05) is 5.32 Å². The number of hydrogen-bond acceptors (Lipinski definition) is 3. The fraction of sp³-hybridized carbons (Fsp3) is 0.0588. The molecule has 0 spiro atoms. The van der Waals surface area contributed by atoms with Crippen LogP contribution in [0, 0.1) is 0 Å². The van der Waals surface area contributed by atoms with Gasteiger partial charge >= 0.3 is 0 Å². The number of carbonyl (C=O) groups excluding carboxylic acids is 1. The second-order valence-electron chi connectivity index (χ2n) is 5.12. The molecular formula is C17H12N2O2. The van der Waals surface area contributed by atoms with Crippen molar-refractivity contribution in [3.8, 4) is 0 Å². The van der Waals surface area contributed by atoms with Crippen molar-refractivity contribution >= 4 is 22.5 Å². The smallest absolute Gasteiger partial charge is 0.265 e. The van der Waals surface area contributed by atoms with Crippen LogP contribution in [0.3, 0.4) is 0 Å². The van der Waals surface area contributed by atoms with Gasteiger partial charge in [-0.1, -0.05) is 30.3 Å². The van der Waals surface area contributed by atoms with Gasteiger partial charge in [-0.2, -0.15) is 0 Å². The molecule has 4 nitrogen and oxygen atoms in total. The Morgan fingerprint density at radius 2 is 1.90 bits per heavy atom. The highest BCUT2D eigenvalue weighted by molar-refractivity contribution is 6.07. The number of pyridine rings is 1. The second-order valence-corrected chi connectivity index (χ2v) is 5.12. The lowest BCUT2D eigenvalue weighted by molar-refractivity contribution is -0.129. The van der Waals surface area contributed by atoms with Crippen molar-refractivity contribution in [1.82, 2.24) is 4.98 Å². The second kappa shape index (κ2) is 4.14. The summed E-state index contributed by atoms with van der Waals surface area (Å²) in [6, 6.07) is 16.3. The zero-order valence-electron chi connectivity index (χ0n) is 11.1. The molecule has 0 fully saturated rings. The monoisotopic (exact) mass is 276 g/mol. The Bertz CT molecular complexity index is 875. The highest BCUT2D eigenvalue weighted by Crippen LogP contribution is 2.41. The summed E-state index contributed by atoms with van der Waals surface area (Å²) < 4.78 is 0. The fourth-order valence-electron chi connectivity index (χ4n) is 2.83. The van der Waals surface area contributed by atoms with Crippen LogP contribution in [-0.2, 0) is 10.4 Å². The molecule has 4 heteroatoms. The Labute approximate surface area is 121 Å². The Morgan fingerprint density at radius 3 is 2.81 bits per heavy atom. The summed E-state index contributed by atoms with van der Waals surface area (Å²) in [4.78, 5) is 16.6. The third kappa shape index (κ3) is 1.60. The van der Waals surface area contributed by atoms with E-state index in [-0.39, 0.29) is 0 Å². The predicted molar refractivity (Wildman–Crippen MR) is 79.8 cm³/mol. The molecule has 21 heavy (non-hydrogen) atoms. The Hall–Kier alpha value is -2.72. The zero-order chi connectivity index (χ0) is 14.4. The lowest BCUT2D eigenvalue weighted by Crippen LogP contribution is -2.35. The van der Waals surface area contributed by atoms with Gasteiger partial charge in [-0.05, 0) is 29.8 Å². The van der Waals surface area contributed by atoms with Gasteiger partial charge < -0.3 is 10.4 Å². The van der Waals surface area contributed by atoms with E-state index in [2.05, 4.69) is 10.3 Å². The highest BCUT2D eigenvalue weighted by Gasteiger charge is 2.46. The van der Waals surface area contributed by atoms with Crippen LogP contribution in [0.2, 0.25) is 0 Å². The van der Waals surface area contributed by atoms with Gasteiger partial charge in [-0.25, -0.2) is 0 Å². The van der Waals surface area contributed by atoms with Crippen molar-refractivity contribution < 1.29 is 9.90 Å². The van der Waals surface area contributed by atoms with E-state index in [0.717, 1.165) is 10.9 Å². The van der Waals surface area contributed by atoms with Gasteiger partial charge in [0.15, 0.2) is 5.60 Å². The average molecular weight is 276 g/mol. The molecule has 3 aromatic rings. The molecule has 1 atom stereocenters. The number of hydrogen-bond donors (Lipinski definition) is 2. The number of benzene rings is 2. The van der Waals surface area contributed by atoms with Crippen molar-refractivity contribution in [1.29, 1.82) is 0 Å². The van der Waals surface area contributed by atoms with Gasteiger partial charge in [-0.15, -0.1) is 0 Å². The summed E-state index contributed by atoms with van der Waals surface area (Å²) in [6.45, 7) is 0. The maximum absolute atomic E-state index is 12.3. The largest absolute Gasteiger partial charge is 0.372 e. The maximum atomic E-state index is 12.3. The van der Waals surface area contributed by atoms with Crippen LogP contribution >= 0.6 is 0 Å². The SMILES string of the molecule is O=C1Nc2ccccc2C1(O)c1ccc2ncccc2c1. The van der Waals surface area contributed by atoms with Gasteiger partial charge in [0.1, 0.15) is 0 Å². The van der Waals surface area contributed by atoms with Crippen molar-refractivity contribution in [3.63, 3.8) is 0 Å². The molecular weight excluding hydrogens is 264 g/mol. The number of anilines is 1. The van der Waals surface area contributed by atoms with Crippen LogP contribution in [0.4, 0.5) is 5.69 Å². The van der Waals surface area contributed by atoms with E-state index in [9.17, 15) is 9.90 Å². The number of para-hydroxylation sites is 1. The third-order valence-corrected chi connectivity index (χ3v) is 3.91. The van der Waals surface area contributed by atoms with E-state index in [4.69, 9.17) is 0 Å². The van der Waals surface area contributed by atoms with Crippen molar-refractivity contribution in [2.45, 2.75) is 5.60 Å². The van der Waals surface area contributed by atoms with E-state index in [1.54, 1.807) is 24.4 Å². The summed E-state index contributed by atoms with van der Waals surface area (Å²) in [5, 5.41) is 14.6. The molecule has 102 valence electrons. The molecule has 1 amide bonds. The predicted octanol–water partition coefficient (Wildman–Crippen LogP) is 2.42. The van der Waals surface area contributed by atoms with E-state index in [1.807, 2.05) is 36.4 Å². The Kier molecular flexibility index (Phi) is 2.37. The molecule has 2 aromatic carbocycles. The number of nitrogens with one attached hydrogen (secondary N) is 1. The molecule has 0 saturated carbocycles. The highest BCUT2D eigenvalue weighted by atomic mass is 16.3. The first kappa shape index (κ1) is 12.1. The molecule has 0 radical (unpaired) electrons. The van der Waals surface area contributed by atoms with E-state index in [1.165, 1.54) is 0 Å². The maximum Gasteiger partial charge on any atom is 0.265 e. The third-order valence-electron chi connectivity index (χ3n) is 3.91. The minimum Gasteiger partial charge on any atom is -0.372 e. The van der Waals surface area contributed by atoms with Crippen molar-refractivity contribution in [2.24, 2.45) is 0 Å². The first-order chi connectivity index (χ1) is 10.2. The first-order valence-electron chi connectivity index (χ1n) is 6.68. The number of nitrogens with zero attached hydrogens (tertiary/aromatic N) is 1. The van der Waals surface area contributed by atoms with Crippen LogP contribution in [0.15, 0.2) is 60.8 Å². The van der Waals surface area contributed by atoms with Gasteiger partial charge in [0.25, 0.3) is 5.91 Å². The van der Waals surface area contributed by atoms with Crippen LogP contribution in [0.1, 0.15) is 11.1 Å². The van der Waals surface area contributed by atoms with E-state index >= 15 is 0 Å². The average Bonchev–Trinajstić information content (AvgIpc) is 2.79. The minimum atomic E-state index is -1.65.